The molecule has 2 aromatic heterocycles. The first-order valence-corrected chi connectivity index (χ1v) is 10.2. The first-order valence-electron chi connectivity index (χ1n) is 9.80. The van der Waals surface area contributed by atoms with E-state index in [0.717, 1.165) is 29.7 Å². The minimum absolute atomic E-state index is 0.118. The topological polar surface area (TPSA) is 93.7 Å². The molecule has 2 heterocycles. The quantitative estimate of drug-likeness (QED) is 0.585. The molecule has 1 fully saturated rings. The summed E-state index contributed by atoms with van der Waals surface area (Å²) in [6, 6.07) is 8.09. The van der Waals surface area contributed by atoms with Gasteiger partial charge in [-0.15, -0.1) is 0 Å². The number of hydrogen-bond donors (Lipinski definition) is 3. The first-order chi connectivity index (χ1) is 13.5. The van der Waals surface area contributed by atoms with Crippen LogP contribution >= 0.6 is 11.6 Å². The van der Waals surface area contributed by atoms with Crippen LogP contribution in [-0.4, -0.2) is 31.6 Å². The highest BCUT2D eigenvalue weighted by atomic mass is 35.5. The lowest BCUT2D eigenvalue weighted by Crippen LogP contribution is -2.43. The molecule has 1 saturated carbocycles. The molecule has 2 unspecified atom stereocenters. The molecule has 8 heteroatoms. The van der Waals surface area contributed by atoms with E-state index < -0.39 is 0 Å². The molecular weight excluding hydrogens is 374 g/mol. The molecular formula is C20H26ClN7. The Balaban J connectivity index is 1.74. The molecule has 4 N–H and O–H groups in total. The minimum Gasteiger partial charge on any atom is -0.350 e. The number of nitrogens with one attached hydrogen (secondary N) is 2. The van der Waals surface area contributed by atoms with Gasteiger partial charge in [-0.2, -0.15) is 9.97 Å². The summed E-state index contributed by atoms with van der Waals surface area (Å²) in [5.41, 5.74) is 8.69. The maximum Gasteiger partial charge on any atom is 0.227 e. The van der Waals surface area contributed by atoms with E-state index in [9.17, 15) is 0 Å². The van der Waals surface area contributed by atoms with Crippen LogP contribution in [0.1, 0.15) is 45.6 Å². The molecule has 0 bridgehead atoms. The monoisotopic (exact) mass is 399 g/mol. The number of benzene rings is 1. The van der Waals surface area contributed by atoms with Crippen LogP contribution in [0.5, 0.6) is 0 Å². The highest BCUT2D eigenvalue weighted by molar-refractivity contribution is 6.30. The first kappa shape index (κ1) is 19.0. The van der Waals surface area contributed by atoms with Gasteiger partial charge in [-0.05, 0) is 44.9 Å². The maximum atomic E-state index is 6.31. The number of halogens is 1. The zero-order valence-corrected chi connectivity index (χ0v) is 16.9. The largest absolute Gasteiger partial charge is 0.350 e. The Bertz CT molecular complexity index is 968. The van der Waals surface area contributed by atoms with E-state index in [4.69, 9.17) is 27.3 Å². The van der Waals surface area contributed by atoms with Crippen molar-refractivity contribution in [2.45, 2.75) is 57.7 Å². The predicted octanol–water partition coefficient (Wildman–Crippen LogP) is 4.49. The zero-order chi connectivity index (χ0) is 19.7. The third-order valence-corrected chi connectivity index (χ3v) is 5.43. The van der Waals surface area contributed by atoms with Crippen LogP contribution in [0.3, 0.4) is 0 Å². The van der Waals surface area contributed by atoms with Crippen molar-refractivity contribution in [1.82, 2.24) is 19.5 Å². The number of anilines is 3. The van der Waals surface area contributed by atoms with Gasteiger partial charge in [-0.25, -0.2) is 4.98 Å². The van der Waals surface area contributed by atoms with E-state index in [1.165, 1.54) is 12.8 Å². The molecule has 148 valence electrons. The van der Waals surface area contributed by atoms with Gasteiger partial charge in [-0.1, -0.05) is 30.5 Å². The fourth-order valence-corrected chi connectivity index (χ4v) is 3.84. The maximum absolute atomic E-state index is 6.31. The summed E-state index contributed by atoms with van der Waals surface area (Å²) in [6.07, 6.45) is 6.22. The molecule has 0 saturated heterocycles. The fraction of sp³-hybridized carbons (Fsp3) is 0.450. The molecule has 3 aromatic rings. The smallest absolute Gasteiger partial charge is 0.227 e. The van der Waals surface area contributed by atoms with E-state index in [-0.39, 0.29) is 18.1 Å². The third kappa shape index (κ3) is 3.91. The highest BCUT2D eigenvalue weighted by Crippen LogP contribution is 2.28. The average molecular weight is 400 g/mol. The molecule has 7 nitrogen and oxygen atoms in total. The number of imidazole rings is 1. The van der Waals surface area contributed by atoms with Gasteiger partial charge in [-0.3, -0.25) is 0 Å². The van der Waals surface area contributed by atoms with Crippen molar-refractivity contribution >= 4 is 40.2 Å². The molecule has 1 aliphatic carbocycles. The van der Waals surface area contributed by atoms with Crippen molar-refractivity contribution in [3.8, 4) is 0 Å². The molecule has 0 aliphatic heterocycles. The molecule has 1 aliphatic rings. The Labute approximate surface area is 169 Å². The van der Waals surface area contributed by atoms with Crippen molar-refractivity contribution in [2.75, 3.05) is 10.6 Å². The second kappa shape index (κ2) is 7.93. The van der Waals surface area contributed by atoms with Gasteiger partial charge < -0.3 is 20.9 Å². The van der Waals surface area contributed by atoms with Gasteiger partial charge in [0.1, 0.15) is 0 Å². The van der Waals surface area contributed by atoms with Crippen molar-refractivity contribution < 1.29 is 0 Å². The normalized spacial score (nSPS) is 19.9. The van der Waals surface area contributed by atoms with E-state index in [1.807, 2.05) is 35.2 Å². The number of nitrogens with zero attached hydrogens (tertiary/aromatic N) is 4. The van der Waals surface area contributed by atoms with E-state index in [2.05, 4.69) is 29.5 Å². The van der Waals surface area contributed by atoms with Gasteiger partial charge in [0.05, 0.1) is 6.33 Å². The van der Waals surface area contributed by atoms with Crippen molar-refractivity contribution in [2.24, 2.45) is 5.73 Å². The number of hydrogen-bond acceptors (Lipinski definition) is 6. The lowest BCUT2D eigenvalue weighted by Gasteiger charge is -2.29. The number of rotatable bonds is 5. The fourth-order valence-electron chi connectivity index (χ4n) is 3.65. The summed E-state index contributed by atoms with van der Waals surface area (Å²) in [5, 5.41) is 7.47. The lowest BCUT2D eigenvalue weighted by atomic mass is 9.91. The van der Waals surface area contributed by atoms with Gasteiger partial charge in [0, 0.05) is 28.8 Å². The Morgan fingerprint density at radius 3 is 2.79 bits per heavy atom. The Morgan fingerprint density at radius 2 is 2.04 bits per heavy atom. The van der Waals surface area contributed by atoms with E-state index in [0.29, 0.717) is 16.8 Å². The summed E-state index contributed by atoms with van der Waals surface area (Å²) < 4.78 is 2.05. The summed E-state index contributed by atoms with van der Waals surface area (Å²) in [5.74, 6) is 1.22. The van der Waals surface area contributed by atoms with Crippen molar-refractivity contribution in [3.63, 3.8) is 0 Å². The van der Waals surface area contributed by atoms with Crippen LogP contribution < -0.4 is 16.4 Å². The highest BCUT2D eigenvalue weighted by Gasteiger charge is 2.23. The van der Waals surface area contributed by atoms with Crippen LogP contribution in [0, 0.1) is 0 Å². The van der Waals surface area contributed by atoms with Crippen LogP contribution in [0.2, 0.25) is 5.02 Å². The number of nitrogens with two attached hydrogens (primary N) is 1. The third-order valence-electron chi connectivity index (χ3n) is 5.20. The van der Waals surface area contributed by atoms with Gasteiger partial charge in [0.2, 0.25) is 5.95 Å². The molecule has 1 aromatic carbocycles. The van der Waals surface area contributed by atoms with Crippen LogP contribution in [0.4, 0.5) is 17.5 Å². The Hall–Kier alpha value is -2.38. The minimum atomic E-state index is 0.118. The SMILES string of the molecule is CC(C)n1cnc2c(Nc3cccc(Cl)c3)nc(NC3CCCCC3N)nc21. The van der Waals surface area contributed by atoms with Crippen LogP contribution in [-0.2, 0) is 0 Å². The summed E-state index contributed by atoms with van der Waals surface area (Å²) in [4.78, 5) is 14.0. The summed E-state index contributed by atoms with van der Waals surface area (Å²) in [7, 11) is 0. The molecule has 0 spiro atoms. The van der Waals surface area contributed by atoms with E-state index in [1.54, 1.807) is 0 Å². The molecule has 28 heavy (non-hydrogen) atoms. The van der Waals surface area contributed by atoms with Gasteiger partial charge >= 0.3 is 0 Å². The van der Waals surface area contributed by atoms with Gasteiger partial charge in [0.25, 0.3) is 0 Å². The van der Waals surface area contributed by atoms with Crippen LogP contribution in [0.25, 0.3) is 11.2 Å². The molecule has 0 radical (unpaired) electrons. The van der Waals surface area contributed by atoms with Crippen LogP contribution in [0.15, 0.2) is 30.6 Å². The Kier molecular flexibility index (Phi) is 5.37. The second-order valence-electron chi connectivity index (χ2n) is 7.65. The number of aromatic nitrogens is 4. The van der Waals surface area contributed by atoms with Crippen molar-refractivity contribution in [3.05, 3.63) is 35.6 Å². The van der Waals surface area contributed by atoms with Gasteiger partial charge in [0.15, 0.2) is 17.0 Å². The number of fused-ring (bicyclic) bond motifs is 1. The summed E-state index contributed by atoms with van der Waals surface area (Å²) in [6.45, 7) is 4.22. The molecule has 4 rings (SSSR count). The second-order valence-corrected chi connectivity index (χ2v) is 8.08. The standard InChI is InChI=1S/C20H26ClN7/c1-12(2)28-11-23-17-18(24-14-7-5-6-13(21)10-14)26-20(27-19(17)28)25-16-9-4-3-8-15(16)22/h5-7,10-12,15-16H,3-4,8-9,22H2,1-2H3,(H2,24,25,26,27). The van der Waals surface area contributed by atoms with E-state index >= 15 is 0 Å². The summed E-state index contributed by atoms with van der Waals surface area (Å²) >= 11 is 6.13. The lowest BCUT2D eigenvalue weighted by molar-refractivity contribution is 0.402. The molecule has 2 atom stereocenters. The molecule has 0 amide bonds. The van der Waals surface area contributed by atoms with Crippen molar-refractivity contribution in [1.29, 1.82) is 0 Å². The average Bonchev–Trinajstić information content (AvgIpc) is 3.08. The zero-order valence-electron chi connectivity index (χ0n) is 16.2. The Morgan fingerprint density at radius 1 is 1.21 bits per heavy atom. The predicted molar refractivity (Wildman–Crippen MR) is 114 cm³/mol.